The maximum Gasteiger partial charge on any atom is 0.296 e. The molecule has 1 saturated carbocycles. The molecular weight excluding hydrogens is 272 g/mol. The van der Waals surface area contributed by atoms with Gasteiger partial charge in [-0.1, -0.05) is 25.7 Å². The van der Waals surface area contributed by atoms with Gasteiger partial charge in [0.05, 0.1) is 18.1 Å². The van der Waals surface area contributed by atoms with E-state index in [2.05, 4.69) is 5.32 Å². The molecule has 0 unspecified atom stereocenters. The molecule has 0 atom stereocenters. The standard InChI is InChI=1S/C15H20N2O4/c1-21-12-7-8-13(14(10-12)17(19)20)16-15(18)9-6-11-4-2-3-5-11/h7-8,10-11H,2-6,9H2,1H3,(H,16,18). The molecular formula is C15H20N2O4. The summed E-state index contributed by atoms with van der Waals surface area (Å²) in [6.45, 7) is 0. The fraction of sp³-hybridized carbons (Fsp3) is 0.533. The molecule has 1 amide bonds. The molecule has 114 valence electrons. The monoisotopic (exact) mass is 292 g/mol. The van der Waals surface area contributed by atoms with Gasteiger partial charge in [0.15, 0.2) is 0 Å². The Hall–Kier alpha value is -2.11. The molecule has 1 aliphatic rings. The van der Waals surface area contributed by atoms with Crippen molar-refractivity contribution < 1.29 is 14.5 Å². The van der Waals surface area contributed by atoms with Crippen LogP contribution in [0.2, 0.25) is 0 Å². The van der Waals surface area contributed by atoms with E-state index in [9.17, 15) is 14.9 Å². The number of anilines is 1. The number of hydrogen-bond acceptors (Lipinski definition) is 4. The summed E-state index contributed by atoms with van der Waals surface area (Å²) in [6, 6.07) is 4.41. The lowest BCUT2D eigenvalue weighted by molar-refractivity contribution is -0.384. The van der Waals surface area contributed by atoms with E-state index in [-0.39, 0.29) is 17.3 Å². The quantitative estimate of drug-likeness (QED) is 0.642. The van der Waals surface area contributed by atoms with Gasteiger partial charge in [0.25, 0.3) is 5.69 Å². The van der Waals surface area contributed by atoms with Crippen molar-refractivity contribution in [3.63, 3.8) is 0 Å². The highest BCUT2D eigenvalue weighted by Crippen LogP contribution is 2.30. The molecule has 21 heavy (non-hydrogen) atoms. The van der Waals surface area contributed by atoms with E-state index in [4.69, 9.17) is 4.74 Å². The molecule has 1 aromatic rings. The van der Waals surface area contributed by atoms with Crippen molar-refractivity contribution >= 4 is 17.3 Å². The molecule has 0 heterocycles. The number of carbonyl (C=O) groups is 1. The third kappa shape index (κ3) is 4.18. The van der Waals surface area contributed by atoms with Crippen molar-refractivity contribution in [2.75, 3.05) is 12.4 Å². The van der Waals surface area contributed by atoms with Crippen LogP contribution in [0.3, 0.4) is 0 Å². The second-order valence-electron chi connectivity index (χ2n) is 5.38. The molecule has 0 spiro atoms. The molecule has 1 N–H and O–H groups in total. The minimum atomic E-state index is -0.519. The minimum Gasteiger partial charge on any atom is -0.496 e. The number of nitrogens with zero attached hydrogens (tertiary/aromatic N) is 1. The highest BCUT2D eigenvalue weighted by Gasteiger charge is 2.19. The zero-order chi connectivity index (χ0) is 15.2. The molecule has 0 bridgehead atoms. The first kappa shape index (κ1) is 15.3. The van der Waals surface area contributed by atoms with E-state index < -0.39 is 4.92 Å². The van der Waals surface area contributed by atoms with Gasteiger partial charge in [0.1, 0.15) is 11.4 Å². The highest BCUT2D eigenvalue weighted by molar-refractivity contribution is 5.93. The summed E-state index contributed by atoms with van der Waals surface area (Å²) in [7, 11) is 1.44. The van der Waals surface area contributed by atoms with Gasteiger partial charge < -0.3 is 10.1 Å². The van der Waals surface area contributed by atoms with Gasteiger partial charge >= 0.3 is 0 Å². The van der Waals surface area contributed by atoms with E-state index in [1.54, 1.807) is 6.07 Å². The molecule has 1 aliphatic carbocycles. The van der Waals surface area contributed by atoms with Gasteiger partial charge in [-0.25, -0.2) is 0 Å². The summed E-state index contributed by atoms with van der Waals surface area (Å²) < 4.78 is 4.96. The van der Waals surface area contributed by atoms with Crippen LogP contribution in [0.1, 0.15) is 38.5 Å². The summed E-state index contributed by atoms with van der Waals surface area (Å²) in [5.41, 5.74) is 0.0702. The number of nitro benzene ring substituents is 1. The van der Waals surface area contributed by atoms with Gasteiger partial charge in [-0.2, -0.15) is 0 Å². The molecule has 0 radical (unpaired) electrons. The van der Waals surface area contributed by atoms with Crippen LogP contribution in [0, 0.1) is 16.0 Å². The second-order valence-corrected chi connectivity index (χ2v) is 5.38. The van der Waals surface area contributed by atoms with Gasteiger partial charge in [-0.3, -0.25) is 14.9 Å². The van der Waals surface area contributed by atoms with Crippen molar-refractivity contribution in [3.8, 4) is 5.75 Å². The lowest BCUT2D eigenvalue weighted by Crippen LogP contribution is -2.14. The van der Waals surface area contributed by atoms with Gasteiger partial charge in [0.2, 0.25) is 5.91 Å². The highest BCUT2D eigenvalue weighted by atomic mass is 16.6. The Balaban J connectivity index is 1.97. The molecule has 2 rings (SSSR count). The normalized spacial score (nSPS) is 14.9. The Morgan fingerprint density at radius 1 is 1.43 bits per heavy atom. The Labute approximate surface area is 123 Å². The number of nitro groups is 1. The second kappa shape index (κ2) is 7.06. The topological polar surface area (TPSA) is 81.5 Å². The fourth-order valence-electron chi connectivity index (χ4n) is 2.74. The van der Waals surface area contributed by atoms with Crippen LogP contribution in [0.25, 0.3) is 0 Å². The summed E-state index contributed by atoms with van der Waals surface area (Å²) in [5, 5.41) is 13.7. The fourth-order valence-corrected chi connectivity index (χ4v) is 2.74. The van der Waals surface area contributed by atoms with Crippen molar-refractivity contribution in [3.05, 3.63) is 28.3 Å². The molecule has 0 aliphatic heterocycles. The Bertz CT molecular complexity index is 524. The number of ether oxygens (including phenoxy) is 1. The number of amides is 1. The maximum atomic E-state index is 11.9. The van der Waals surface area contributed by atoms with Crippen LogP contribution in [-0.4, -0.2) is 17.9 Å². The average Bonchev–Trinajstić information content (AvgIpc) is 2.98. The Morgan fingerprint density at radius 3 is 2.76 bits per heavy atom. The van der Waals surface area contributed by atoms with E-state index in [0.29, 0.717) is 18.1 Å². The van der Waals surface area contributed by atoms with Crippen LogP contribution in [0.4, 0.5) is 11.4 Å². The van der Waals surface area contributed by atoms with Crippen LogP contribution in [-0.2, 0) is 4.79 Å². The predicted octanol–water partition coefficient (Wildman–Crippen LogP) is 3.51. The summed E-state index contributed by atoms with van der Waals surface area (Å²) in [5.74, 6) is 0.849. The lowest BCUT2D eigenvalue weighted by Gasteiger charge is -2.10. The zero-order valence-electron chi connectivity index (χ0n) is 12.1. The number of hydrogen-bond donors (Lipinski definition) is 1. The van der Waals surface area contributed by atoms with Gasteiger partial charge in [0, 0.05) is 6.42 Å². The van der Waals surface area contributed by atoms with Crippen molar-refractivity contribution in [2.24, 2.45) is 5.92 Å². The van der Waals surface area contributed by atoms with Crippen LogP contribution >= 0.6 is 0 Å². The molecule has 0 saturated heterocycles. The number of benzene rings is 1. The number of nitrogens with one attached hydrogen (secondary N) is 1. The molecule has 6 heteroatoms. The first-order valence-corrected chi connectivity index (χ1v) is 7.22. The lowest BCUT2D eigenvalue weighted by atomic mass is 10.0. The molecule has 0 aromatic heterocycles. The van der Waals surface area contributed by atoms with Gasteiger partial charge in [-0.05, 0) is 24.5 Å². The summed E-state index contributed by atoms with van der Waals surface area (Å²) in [4.78, 5) is 22.5. The van der Waals surface area contributed by atoms with Crippen molar-refractivity contribution in [1.29, 1.82) is 0 Å². The van der Waals surface area contributed by atoms with Crippen molar-refractivity contribution in [2.45, 2.75) is 38.5 Å². The van der Waals surface area contributed by atoms with E-state index in [0.717, 1.165) is 6.42 Å². The van der Waals surface area contributed by atoms with Crippen LogP contribution < -0.4 is 10.1 Å². The average molecular weight is 292 g/mol. The largest absolute Gasteiger partial charge is 0.496 e. The Kier molecular flexibility index (Phi) is 5.14. The number of carbonyl (C=O) groups excluding carboxylic acids is 1. The maximum absolute atomic E-state index is 11.9. The van der Waals surface area contributed by atoms with Crippen molar-refractivity contribution in [1.82, 2.24) is 0 Å². The zero-order valence-corrected chi connectivity index (χ0v) is 12.1. The molecule has 1 aromatic carbocycles. The Morgan fingerprint density at radius 2 is 2.14 bits per heavy atom. The van der Waals surface area contributed by atoms with Crippen LogP contribution in [0.15, 0.2) is 18.2 Å². The van der Waals surface area contributed by atoms with E-state index >= 15 is 0 Å². The smallest absolute Gasteiger partial charge is 0.296 e. The first-order chi connectivity index (χ1) is 10.1. The SMILES string of the molecule is COc1ccc(NC(=O)CCC2CCCC2)c([N+](=O)[O-])c1. The van der Waals surface area contributed by atoms with E-state index in [1.807, 2.05) is 0 Å². The minimum absolute atomic E-state index is 0.149. The predicted molar refractivity (Wildman–Crippen MR) is 79.5 cm³/mol. The summed E-state index contributed by atoms with van der Waals surface area (Å²) in [6.07, 6.45) is 6.14. The number of rotatable bonds is 6. The van der Waals surface area contributed by atoms with Crippen LogP contribution in [0.5, 0.6) is 5.75 Å². The number of methoxy groups -OCH3 is 1. The third-order valence-corrected chi connectivity index (χ3v) is 3.93. The van der Waals surface area contributed by atoms with E-state index in [1.165, 1.54) is 44.9 Å². The summed E-state index contributed by atoms with van der Waals surface area (Å²) >= 11 is 0. The third-order valence-electron chi connectivity index (χ3n) is 3.93. The first-order valence-electron chi connectivity index (χ1n) is 7.22. The molecule has 6 nitrogen and oxygen atoms in total. The van der Waals surface area contributed by atoms with Gasteiger partial charge in [-0.15, -0.1) is 0 Å². The molecule has 1 fully saturated rings.